The monoisotopic (exact) mass is 218 g/mol. The Morgan fingerprint density at radius 1 is 1.25 bits per heavy atom. The van der Waals surface area contributed by atoms with Gasteiger partial charge in [-0.15, -0.1) is 0 Å². The summed E-state index contributed by atoms with van der Waals surface area (Å²) in [4.78, 5) is 0. The Labute approximate surface area is 95.9 Å². The number of hydrogen-bond donors (Lipinski definition) is 0. The third kappa shape index (κ3) is 2.15. The van der Waals surface area contributed by atoms with Crippen molar-refractivity contribution >= 4 is 0 Å². The lowest BCUT2D eigenvalue weighted by Crippen LogP contribution is -2.07. The van der Waals surface area contributed by atoms with Crippen molar-refractivity contribution in [3.05, 3.63) is 35.4 Å². The highest BCUT2D eigenvalue weighted by atomic mass is 15.3. The van der Waals surface area contributed by atoms with Crippen LogP contribution in [0.4, 0.5) is 0 Å². The molecule has 2 heterocycles. The van der Waals surface area contributed by atoms with Gasteiger partial charge in [-0.25, -0.2) is 0 Å². The molecule has 0 bridgehead atoms. The molecule has 2 aromatic heterocycles. The second-order valence-corrected chi connectivity index (χ2v) is 4.47. The van der Waals surface area contributed by atoms with E-state index < -0.39 is 0 Å². The molecule has 0 atom stereocenters. The summed E-state index contributed by atoms with van der Waals surface area (Å²) in [6.07, 6.45) is 2.02. The molecule has 2 aromatic rings. The summed E-state index contributed by atoms with van der Waals surface area (Å²) < 4.78 is 3.96. The summed E-state index contributed by atoms with van der Waals surface area (Å²) >= 11 is 0. The summed E-state index contributed by atoms with van der Waals surface area (Å²) in [6, 6.07) is 4.55. The summed E-state index contributed by atoms with van der Waals surface area (Å²) in [5.41, 5.74) is 3.29. The maximum atomic E-state index is 4.51. The molecule has 0 spiro atoms. The number of rotatable bonds is 3. The van der Waals surface area contributed by atoms with E-state index in [1.54, 1.807) is 0 Å². The zero-order valence-electron chi connectivity index (χ0n) is 10.3. The van der Waals surface area contributed by atoms with Gasteiger partial charge in [-0.1, -0.05) is 0 Å². The van der Waals surface area contributed by atoms with Crippen molar-refractivity contribution in [2.24, 2.45) is 0 Å². The van der Waals surface area contributed by atoms with Gasteiger partial charge in [0.05, 0.1) is 17.9 Å². The Hall–Kier alpha value is -1.58. The Bertz CT molecular complexity index is 479. The van der Waals surface area contributed by atoms with Crippen molar-refractivity contribution in [3.63, 3.8) is 0 Å². The first-order chi connectivity index (χ1) is 7.56. The first-order valence-electron chi connectivity index (χ1n) is 5.61. The molecule has 0 radical (unpaired) electrons. The van der Waals surface area contributed by atoms with Gasteiger partial charge in [0.25, 0.3) is 0 Å². The molecule has 0 fully saturated rings. The van der Waals surface area contributed by atoms with Crippen LogP contribution in [0.2, 0.25) is 0 Å². The van der Waals surface area contributed by atoms with Crippen LogP contribution in [0, 0.1) is 13.8 Å². The second-order valence-electron chi connectivity index (χ2n) is 4.47. The van der Waals surface area contributed by atoms with Crippen molar-refractivity contribution in [3.8, 4) is 0 Å². The fourth-order valence-electron chi connectivity index (χ4n) is 1.74. The average Bonchev–Trinajstić information content (AvgIpc) is 2.75. The van der Waals surface area contributed by atoms with Crippen LogP contribution in [0.1, 0.15) is 37.0 Å². The van der Waals surface area contributed by atoms with Gasteiger partial charge in [0.1, 0.15) is 0 Å². The van der Waals surface area contributed by atoms with Gasteiger partial charge in [-0.2, -0.15) is 10.2 Å². The van der Waals surface area contributed by atoms with Crippen LogP contribution in [0.3, 0.4) is 0 Å². The van der Waals surface area contributed by atoms with Crippen LogP contribution in [0.25, 0.3) is 0 Å². The molecule has 0 N–H and O–H groups in total. The van der Waals surface area contributed by atoms with Crippen molar-refractivity contribution < 1.29 is 0 Å². The highest BCUT2D eigenvalue weighted by molar-refractivity contribution is 5.09. The lowest BCUT2D eigenvalue weighted by molar-refractivity contribution is 0.519. The molecule has 0 unspecified atom stereocenters. The molecular formula is C12H18N4. The molecule has 0 aliphatic carbocycles. The fourth-order valence-corrected chi connectivity index (χ4v) is 1.74. The normalized spacial score (nSPS) is 11.3. The molecule has 16 heavy (non-hydrogen) atoms. The molecule has 2 rings (SSSR count). The van der Waals surface area contributed by atoms with E-state index in [-0.39, 0.29) is 0 Å². The van der Waals surface area contributed by atoms with Crippen molar-refractivity contribution in [2.75, 3.05) is 0 Å². The third-order valence-corrected chi connectivity index (χ3v) is 2.61. The van der Waals surface area contributed by atoms with E-state index in [9.17, 15) is 0 Å². The van der Waals surface area contributed by atoms with Crippen LogP contribution < -0.4 is 0 Å². The minimum Gasteiger partial charge on any atom is -0.270 e. The number of aryl methyl sites for hydroxylation is 2. The van der Waals surface area contributed by atoms with Crippen LogP contribution in [0.15, 0.2) is 18.3 Å². The van der Waals surface area contributed by atoms with Crippen LogP contribution in [0.5, 0.6) is 0 Å². The highest BCUT2D eigenvalue weighted by Gasteiger charge is 2.05. The van der Waals surface area contributed by atoms with E-state index >= 15 is 0 Å². The van der Waals surface area contributed by atoms with E-state index in [0.29, 0.717) is 6.04 Å². The maximum Gasteiger partial charge on any atom is 0.0852 e. The van der Waals surface area contributed by atoms with E-state index in [1.165, 1.54) is 5.69 Å². The van der Waals surface area contributed by atoms with Crippen LogP contribution in [-0.2, 0) is 6.54 Å². The minimum atomic E-state index is 0.411. The molecule has 0 aromatic carbocycles. The van der Waals surface area contributed by atoms with E-state index in [0.717, 1.165) is 17.9 Å². The topological polar surface area (TPSA) is 35.6 Å². The molecule has 0 amide bonds. The first-order valence-corrected chi connectivity index (χ1v) is 5.61. The Kier molecular flexibility index (Phi) is 2.81. The minimum absolute atomic E-state index is 0.411. The van der Waals surface area contributed by atoms with Crippen molar-refractivity contribution in [2.45, 2.75) is 40.3 Å². The molecule has 0 saturated heterocycles. The largest absolute Gasteiger partial charge is 0.270 e. The number of aromatic nitrogens is 4. The molecule has 86 valence electrons. The van der Waals surface area contributed by atoms with Crippen LogP contribution >= 0.6 is 0 Å². The average molecular weight is 218 g/mol. The quantitative estimate of drug-likeness (QED) is 0.792. The smallest absolute Gasteiger partial charge is 0.0852 e. The zero-order valence-corrected chi connectivity index (χ0v) is 10.3. The molecule has 0 saturated carbocycles. The second kappa shape index (κ2) is 4.12. The molecule has 4 nitrogen and oxygen atoms in total. The first kappa shape index (κ1) is 10.9. The van der Waals surface area contributed by atoms with Crippen molar-refractivity contribution in [1.82, 2.24) is 19.6 Å². The summed E-state index contributed by atoms with van der Waals surface area (Å²) in [5.74, 6) is 0. The Balaban J connectivity index is 2.17. The fraction of sp³-hybridized carbons (Fsp3) is 0.500. The Morgan fingerprint density at radius 2 is 2.00 bits per heavy atom. The number of nitrogens with zero attached hydrogens (tertiary/aromatic N) is 4. The van der Waals surface area contributed by atoms with Crippen molar-refractivity contribution in [1.29, 1.82) is 0 Å². The highest BCUT2D eigenvalue weighted by Crippen LogP contribution is 2.08. The van der Waals surface area contributed by atoms with Gasteiger partial charge >= 0.3 is 0 Å². The van der Waals surface area contributed by atoms with Gasteiger partial charge in [0.15, 0.2) is 0 Å². The summed E-state index contributed by atoms with van der Waals surface area (Å²) in [7, 11) is 0. The van der Waals surface area contributed by atoms with E-state index in [2.05, 4.69) is 43.1 Å². The summed E-state index contributed by atoms with van der Waals surface area (Å²) in [6.45, 7) is 9.08. The molecule has 0 aliphatic heterocycles. The lowest BCUT2D eigenvalue weighted by atomic mass is 10.4. The molecule has 4 heteroatoms. The number of hydrogen-bond acceptors (Lipinski definition) is 2. The third-order valence-electron chi connectivity index (χ3n) is 2.61. The van der Waals surface area contributed by atoms with E-state index in [4.69, 9.17) is 0 Å². The van der Waals surface area contributed by atoms with Gasteiger partial charge in [-0.3, -0.25) is 9.36 Å². The summed E-state index contributed by atoms with van der Waals surface area (Å²) in [5, 5.41) is 8.94. The van der Waals surface area contributed by atoms with Gasteiger partial charge in [-0.05, 0) is 39.8 Å². The van der Waals surface area contributed by atoms with E-state index in [1.807, 2.05) is 22.5 Å². The Morgan fingerprint density at radius 3 is 2.50 bits per heavy atom. The predicted molar refractivity (Wildman–Crippen MR) is 63.4 cm³/mol. The standard InChI is InChI=1S/C12H18N4/c1-9(2)15-6-5-12(14-15)8-16-11(4)7-10(3)13-16/h5-7,9H,8H2,1-4H3. The maximum absolute atomic E-state index is 4.51. The van der Waals surface area contributed by atoms with Crippen LogP contribution in [-0.4, -0.2) is 19.6 Å². The molecular weight excluding hydrogens is 200 g/mol. The zero-order chi connectivity index (χ0) is 11.7. The lowest BCUT2D eigenvalue weighted by Gasteiger charge is -2.04. The molecule has 0 aliphatic rings. The van der Waals surface area contributed by atoms with Gasteiger partial charge < -0.3 is 0 Å². The SMILES string of the molecule is Cc1cc(C)n(Cc2ccn(C(C)C)n2)n1. The predicted octanol–water partition coefficient (Wildman–Crippen LogP) is 2.33. The van der Waals surface area contributed by atoms with Gasteiger partial charge in [0.2, 0.25) is 0 Å². The van der Waals surface area contributed by atoms with Gasteiger partial charge in [0, 0.05) is 17.9 Å².